The lowest BCUT2D eigenvalue weighted by molar-refractivity contribution is 0.600. The van der Waals surface area contributed by atoms with Gasteiger partial charge in [-0.05, 0) is 31.0 Å². The van der Waals surface area contributed by atoms with E-state index in [0.717, 1.165) is 12.8 Å². The van der Waals surface area contributed by atoms with Crippen LogP contribution in [0.2, 0.25) is 5.02 Å². The van der Waals surface area contributed by atoms with Gasteiger partial charge >= 0.3 is 0 Å². The van der Waals surface area contributed by atoms with Gasteiger partial charge in [0.1, 0.15) is 0 Å². The summed E-state index contributed by atoms with van der Waals surface area (Å²) in [7, 11) is -3.22. The average molecular weight is 247 g/mol. The summed E-state index contributed by atoms with van der Waals surface area (Å²) in [5.74, 6) is 0. The van der Waals surface area contributed by atoms with Crippen LogP contribution in [0.4, 0.5) is 11.4 Å². The van der Waals surface area contributed by atoms with Gasteiger partial charge in [0.05, 0.1) is 21.6 Å². The Morgan fingerprint density at radius 2 is 2.07 bits per heavy atom. The zero-order valence-electron chi connectivity index (χ0n) is 7.90. The van der Waals surface area contributed by atoms with Crippen molar-refractivity contribution in [1.82, 2.24) is 0 Å². The second kappa shape index (κ2) is 3.57. The molecule has 0 aromatic heterocycles. The van der Waals surface area contributed by atoms with Crippen LogP contribution < -0.4 is 10.5 Å². The maximum absolute atomic E-state index is 11.6. The van der Waals surface area contributed by atoms with Crippen LogP contribution in [0.15, 0.2) is 18.2 Å². The third-order valence-corrected chi connectivity index (χ3v) is 4.42. The summed E-state index contributed by atoms with van der Waals surface area (Å²) >= 11 is 5.78. The maximum atomic E-state index is 11.6. The first-order valence-electron chi connectivity index (χ1n) is 4.56. The molecule has 0 radical (unpaired) electrons. The number of hydrogen-bond donors (Lipinski definition) is 2. The summed E-state index contributed by atoms with van der Waals surface area (Å²) in [5, 5.41) is 0.111. The molecule has 4 nitrogen and oxygen atoms in total. The number of anilines is 2. The zero-order valence-corrected chi connectivity index (χ0v) is 9.48. The minimum Gasteiger partial charge on any atom is -0.398 e. The van der Waals surface area contributed by atoms with Crippen LogP contribution in [0.3, 0.4) is 0 Å². The summed E-state index contributed by atoms with van der Waals surface area (Å²) in [5.41, 5.74) is 6.41. The van der Waals surface area contributed by atoms with Gasteiger partial charge in [0.2, 0.25) is 10.0 Å². The van der Waals surface area contributed by atoms with Crippen molar-refractivity contribution in [1.29, 1.82) is 0 Å². The molecule has 2 rings (SSSR count). The highest BCUT2D eigenvalue weighted by Gasteiger charge is 2.35. The molecule has 3 N–H and O–H groups in total. The molecule has 0 heterocycles. The molecule has 1 aromatic rings. The fraction of sp³-hybridized carbons (Fsp3) is 0.333. The second-order valence-corrected chi connectivity index (χ2v) is 5.95. The molecule has 0 bridgehead atoms. The van der Waals surface area contributed by atoms with Crippen molar-refractivity contribution in [2.75, 3.05) is 10.5 Å². The average Bonchev–Trinajstić information content (AvgIpc) is 2.93. The van der Waals surface area contributed by atoms with Gasteiger partial charge in [0, 0.05) is 0 Å². The third kappa shape index (κ3) is 2.35. The van der Waals surface area contributed by atoms with Crippen LogP contribution >= 0.6 is 11.6 Å². The highest BCUT2D eigenvalue weighted by Crippen LogP contribution is 2.31. The number of nitrogens with two attached hydrogens (primary N) is 1. The molecule has 82 valence electrons. The number of sulfonamides is 1. The minimum absolute atomic E-state index is 0.242. The van der Waals surface area contributed by atoms with Gasteiger partial charge in [-0.25, -0.2) is 8.42 Å². The predicted octanol–water partition coefficient (Wildman–Crippen LogP) is 1.83. The van der Waals surface area contributed by atoms with E-state index in [9.17, 15) is 8.42 Å². The fourth-order valence-corrected chi connectivity index (χ4v) is 2.78. The number of nitrogen functional groups attached to an aromatic ring is 1. The Balaban J connectivity index is 2.21. The number of benzene rings is 1. The van der Waals surface area contributed by atoms with Crippen molar-refractivity contribution in [3.8, 4) is 0 Å². The van der Waals surface area contributed by atoms with E-state index in [0.29, 0.717) is 16.4 Å². The monoisotopic (exact) mass is 246 g/mol. The van der Waals surface area contributed by atoms with Gasteiger partial charge in [-0.15, -0.1) is 0 Å². The maximum Gasteiger partial charge on any atom is 0.235 e. The van der Waals surface area contributed by atoms with Gasteiger partial charge in [0.15, 0.2) is 0 Å². The Bertz CT molecular complexity index is 483. The zero-order chi connectivity index (χ0) is 11.1. The topological polar surface area (TPSA) is 72.2 Å². The summed E-state index contributed by atoms with van der Waals surface area (Å²) in [6.45, 7) is 0. The normalized spacial score (nSPS) is 16.3. The van der Waals surface area contributed by atoms with E-state index in [1.54, 1.807) is 12.1 Å². The van der Waals surface area contributed by atoms with Crippen molar-refractivity contribution in [2.45, 2.75) is 18.1 Å². The Labute approximate surface area is 93.5 Å². The number of hydrogen-bond acceptors (Lipinski definition) is 3. The first-order valence-corrected chi connectivity index (χ1v) is 6.48. The first-order chi connectivity index (χ1) is 6.99. The van der Waals surface area contributed by atoms with E-state index in [4.69, 9.17) is 17.3 Å². The quantitative estimate of drug-likeness (QED) is 0.800. The van der Waals surface area contributed by atoms with Crippen LogP contribution in [-0.2, 0) is 10.0 Å². The van der Waals surface area contributed by atoms with Gasteiger partial charge in [0.25, 0.3) is 0 Å². The number of halogens is 1. The molecule has 1 fully saturated rings. The van der Waals surface area contributed by atoms with E-state index >= 15 is 0 Å². The molecule has 0 atom stereocenters. The highest BCUT2D eigenvalue weighted by atomic mass is 35.5. The number of rotatable bonds is 3. The smallest absolute Gasteiger partial charge is 0.235 e. The molecule has 0 spiro atoms. The Morgan fingerprint density at radius 1 is 1.40 bits per heavy atom. The van der Waals surface area contributed by atoms with E-state index in [1.165, 1.54) is 6.07 Å². The lowest BCUT2D eigenvalue weighted by Crippen LogP contribution is -2.17. The van der Waals surface area contributed by atoms with E-state index < -0.39 is 10.0 Å². The SMILES string of the molecule is Nc1ccc(NS(=O)(=O)C2CC2)cc1Cl. The predicted molar refractivity (Wildman–Crippen MR) is 61.4 cm³/mol. The summed E-state index contributed by atoms with van der Waals surface area (Å²) < 4.78 is 25.6. The van der Waals surface area contributed by atoms with Gasteiger partial charge in [-0.2, -0.15) is 0 Å². The molecule has 6 heteroatoms. The van der Waals surface area contributed by atoms with Crippen LogP contribution in [-0.4, -0.2) is 13.7 Å². The Hall–Kier alpha value is -0.940. The third-order valence-electron chi connectivity index (χ3n) is 2.22. The molecule has 15 heavy (non-hydrogen) atoms. The van der Waals surface area contributed by atoms with Crippen LogP contribution in [0.1, 0.15) is 12.8 Å². The molecule has 1 aliphatic rings. The number of nitrogens with one attached hydrogen (secondary N) is 1. The van der Waals surface area contributed by atoms with E-state index in [2.05, 4.69) is 4.72 Å². The van der Waals surface area contributed by atoms with Crippen molar-refractivity contribution in [3.63, 3.8) is 0 Å². The van der Waals surface area contributed by atoms with Crippen LogP contribution in [0.5, 0.6) is 0 Å². The largest absolute Gasteiger partial charge is 0.398 e. The Morgan fingerprint density at radius 3 is 2.60 bits per heavy atom. The standard InChI is InChI=1S/C9H11ClN2O2S/c10-8-5-6(1-4-9(8)11)12-15(13,14)7-2-3-7/h1,4-5,7,12H,2-3,11H2. The lowest BCUT2D eigenvalue weighted by atomic mass is 10.3. The molecule has 0 unspecified atom stereocenters. The first kappa shape index (κ1) is 10.6. The van der Waals surface area contributed by atoms with Gasteiger partial charge in [-0.3, -0.25) is 4.72 Å². The van der Waals surface area contributed by atoms with Crippen molar-refractivity contribution in [3.05, 3.63) is 23.2 Å². The molecule has 1 saturated carbocycles. The van der Waals surface area contributed by atoms with Crippen LogP contribution in [0, 0.1) is 0 Å². The van der Waals surface area contributed by atoms with Crippen molar-refractivity contribution in [2.24, 2.45) is 0 Å². The van der Waals surface area contributed by atoms with E-state index in [1.807, 2.05) is 0 Å². The van der Waals surface area contributed by atoms with Gasteiger partial charge in [-0.1, -0.05) is 11.6 Å². The van der Waals surface area contributed by atoms with Crippen LogP contribution in [0.25, 0.3) is 0 Å². The Kier molecular flexibility index (Phi) is 2.52. The molecule has 1 aliphatic carbocycles. The van der Waals surface area contributed by atoms with E-state index in [-0.39, 0.29) is 5.25 Å². The molecule has 0 amide bonds. The molecule has 0 aliphatic heterocycles. The highest BCUT2D eigenvalue weighted by molar-refractivity contribution is 7.93. The molecule has 1 aromatic carbocycles. The summed E-state index contributed by atoms with van der Waals surface area (Å²) in [4.78, 5) is 0. The second-order valence-electron chi connectivity index (χ2n) is 3.58. The summed E-state index contributed by atoms with van der Waals surface area (Å²) in [6.07, 6.45) is 1.47. The molecular formula is C9H11ClN2O2S. The summed E-state index contributed by atoms with van der Waals surface area (Å²) in [6, 6.07) is 4.69. The minimum atomic E-state index is -3.22. The van der Waals surface area contributed by atoms with Gasteiger partial charge < -0.3 is 5.73 Å². The van der Waals surface area contributed by atoms with Crippen molar-refractivity contribution >= 4 is 33.0 Å². The van der Waals surface area contributed by atoms with Crippen molar-refractivity contribution < 1.29 is 8.42 Å². The fourth-order valence-electron chi connectivity index (χ4n) is 1.22. The molecular weight excluding hydrogens is 236 g/mol. The molecule has 0 saturated heterocycles. The lowest BCUT2D eigenvalue weighted by Gasteiger charge is -2.07.